The number of hydrogen-bond acceptors (Lipinski definition) is 0. The molecule has 0 spiro atoms. The summed E-state index contributed by atoms with van der Waals surface area (Å²) < 4.78 is 0. The molecule has 6 aliphatic carbocycles. The summed E-state index contributed by atoms with van der Waals surface area (Å²) in [5, 5.41) is 0. The molecule has 0 heteroatoms. The highest BCUT2D eigenvalue weighted by molar-refractivity contribution is 5.91. The van der Waals surface area contributed by atoms with Gasteiger partial charge < -0.3 is 0 Å². The van der Waals surface area contributed by atoms with Crippen LogP contribution >= 0.6 is 0 Å². The van der Waals surface area contributed by atoms with E-state index < -0.39 is 0 Å². The summed E-state index contributed by atoms with van der Waals surface area (Å²) in [6.45, 7) is 36.6. The average molecular weight is 1610 g/mol. The summed E-state index contributed by atoms with van der Waals surface area (Å²) in [7, 11) is 0. The standard InChI is InChI=1S/2C28H24.2C18H20.2C16H16/c1-20(2)23-17-11-19-26-27(23)24-16-9-10-18-25(24)28(26,21-12-5-3-6-13-21)22-14-7-4-8-15-22;1-20(2)21-17-18-25-24-15-9-10-16-26(24)28(27(25)19-21,22-11-5-3-6-12-22)23-13-7-4-8-14-23;1-12(2)13-9-7-11-16-17(13)14-8-5-6-10-15(14)18(16,3)4;1-12(2)13-9-10-15-14-7-5-6-8-16(14)18(3,4)17(15)11-13;1-11(2)14-9-5-7-13-10-12-6-3-4-8-15(12)16(13)14;1-11(2)12-7-8-16-14(9-12)10-13-5-3-4-6-15(13)16/h2*3-20H,1-2H3;2*5-12H,1-4H3;2*3-9,11H,10H2,1-2H3. The van der Waals surface area contributed by atoms with Gasteiger partial charge in [-0.1, -0.05) is 487 Å². The largest absolute Gasteiger partial charge is 0.0713 e. The molecule has 0 aliphatic heterocycles. The Hall–Kier alpha value is -12.5. The molecule has 0 saturated carbocycles. The van der Waals surface area contributed by atoms with Gasteiger partial charge >= 0.3 is 0 Å². The molecule has 0 aromatic heterocycles. The Balaban J connectivity index is 0.000000107. The second-order valence-corrected chi connectivity index (χ2v) is 37.9. The third-order valence-electron chi connectivity index (χ3n) is 27.8. The Bertz CT molecular complexity index is 6370. The lowest BCUT2D eigenvalue weighted by Gasteiger charge is -2.34. The Morgan fingerprint density at radius 2 is 0.460 bits per heavy atom. The maximum absolute atomic E-state index is 2.44. The number of benzene rings is 16. The third-order valence-corrected chi connectivity index (χ3v) is 27.8. The van der Waals surface area contributed by atoms with Gasteiger partial charge in [0.15, 0.2) is 0 Å². The molecule has 0 saturated heterocycles. The van der Waals surface area contributed by atoms with E-state index in [0.717, 1.165) is 12.8 Å². The van der Waals surface area contributed by atoms with Crippen molar-refractivity contribution < 1.29 is 0 Å². The van der Waals surface area contributed by atoms with Crippen molar-refractivity contribution in [3.8, 4) is 66.8 Å². The molecule has 616 valence electrons. The summed E-state index contributed by atoms with van der Waals surface area (Å²) in [4.78, 5) is 0. The van der Waals surface area contributed by atoms with Crippen LogP contribution in [-0.2, 0) is 34.5 Å². The van der Waals surface area contributed by atoms with Gasteiger partial charge in [-0.05, 0) is 238 Å². The fraction of sp³-hybridized carbons (Fsp3) is 0.226. The summed E-state index contributed by atoms with van der Waals surface area (Å²) >= 11 is 0. The van der Waals surface area contributed by atoms with Crippen molar-refractivity contribution in [1.29, 1.82) is 0 Å². The van der Waals surface area contributed by atoms with E-state index in [2.05, 4.69) is 487 Å². The first-order valence-corrected chi connectivity index (χ1v) is 45.6. The summed E-state index contributed by atoms with van der Waals surface area (Å²) in [6, 6.07) is 138. The lowest BCUT2D eigenvalue weighted by molar-refractivity contribution is 0.658. The van der Waals surface area contributed by atoms with Crippen LogP contribution in [-0.4, -0.2) is 0 Å². The molecule has 0 N–H and O–H groups in total. The number of hydrogen-bond donors (Lipinski definition) is 0. The summed E-state index contributed by atoms with van der Waals surface area (Å²) in [5.41, 5.74) is 48.1. The van der Waals surface area contributed by atoms with Crippen molar-refractivity contribution in [1.82, 2.24) is 0 Å². The van der Waals surface area contributed by atoms with Crippen molar-refractivity contribution in [3.63, 3.8) is 0 Å². The van der Waals surface area contributed by atoms with Gasteiger partial charge in [0.25, 0.3) is 0 Å². The number of fused-ring (bicyclic) bond motifs is 18. The van der Waals surface area contributed by atoms with E-state index in [0.29, 0.717) is 35.5 Å². The van der Waals surface area contributed by atoms with Crippen LogP contribution in [0, 0.1) is 0 Å². The molecule has 0 fully saturated rings. The Kier molecular flexibility index (Phi) is 23.4. The van der Waals surface area contributed by atoms with Crippen molar-refractivity contribution in [2.45, 2.75) is 181 Å². The van der Waals surface area contributed by atoms with E-state index >= 15 is 0 Å². The smallest absolute Gasteiger partial charge is 0.0622 e. The maximum atomic E-state index is 2.44. The topological polar surface area (TPSA) is 0 Å². The van der Waals surface area contributed by atoms with Gasteiger partial charge in [-0.3, -0.25) is 0 Å². The predicted molar refractivity (Wildman–Crippen MR) is 529 cm³/mol. The summed E-state index contributed by atoms with van der Waals surface area (Å²) in [6.07, 6.45) is 2.21. The van der Waals surface area contributed by atoms with Crippen LogP contribution in [0.1, 0.15) is 269 Å². The molecule has 0 bridgehead atoms. The zero-order valence-corrected chi connectivity index (χ0v) is 75.7. The fourth-order valence-corrected chi connectivity index (χ4v) is 21.4. The van der Waals surface area contributed by atoms with Gasteiger partial charge in [0.1, 0.15) is 0 Å². The van der Waals surface area contributed by atoms with E-state index in [9.17, 15) is 0 Å². The van der Waals surface area contributed by atoms with E-state index in [1.165, 1.54) is 189 Å². The molecule has 124 heavy (non-hydrogen) atoms. The van der Waals surface area contributed by atoms with Crippen molar-refractivity contribution in [3.05, 3.63) is 499 Å². The SMILES string of the molecule is CC(C)c1ccc2c(c1)C(C)(C)c1ccccc1-2.CC(C)c1ccc2c(c1)C(c1ccccc1)(c1ccccc1)c1ccccc1-2.CC(C)c1ccc2c(c1)Cc1ccccc1-2.CC(C)c1cccc2c1-c1ccccc1C2.CC(C)c1cccc2c1-c1ccccc1C2(C)C.CC(C)c1cccc2c1-c1ccccc1C2(c1ccccc1)c1ccccc1. The van der Waals surface area contributed by atoms with Crippen molar-refractivity contribution >= 4 is 0 Å². The molecule has 0 atom stereocenters. The molecular weight excluding hydrogens is 1490 g/mol. The van der Waals surface area contributed by atoms with Gasteiger partial charge in [-0.15, -0.1) is 0 Å². The molecule has 16 aromatic carbocycles. The van der Waals surface area contributed by atoms with E-state index in [4.69, 9.17) is 0 Å². The molecular formula is C124H120. The molecule has 16 aromatic rings. The highest BCUT2D eigenvalue weighted by Crippen LogP contribution is 2.60. The molecule has 0 amide bonds. The monoisotopic (exact) mass is 1610 g/mol. The third kappa shape index (κ3) is 14.9. The van der Waals surface area contributed by atoms with Crippen LogP contribution in [0.25, 0.3) is 66.8 Å². The first-order valence-electron chi connectivity index (χ1n) is 45.6. The summed E-state index contributed by atoms with van der Waals surface area (Å²) in [5.74, 6) is 3.36. The lowest BCUT2D eigenvalue weighted by Crippen LogP contribution is -2.28. The quantitative estimate of drug-likeness (QED) is 0.128. The van der Waals surface area contributed by atoms with Gasteiger partial charge in [0.2, 0.25) is 0 Å². The minimum absolute atomic E-state index is 0.136. The van der Waals surface area contributed by atoms with Crippen molar-refractivity contribution in [2.24, 2.45) is 0 Å². The van der Waals surface area contributed by atoms with Crippen LogP contribution in [0.5, 0.6) is 0 Å². The molecule has 22 rings (SSSR count). The van der Waals surface area contributed by atoms with Gasteiger partial charge in [-0.2, -0.15) is 0 Å². The fourth-order valence-electron chi connectivity index (χ4n) is 21.4. The van der Waals surface area contributed by atoms with Crippen LogP contribution < -0.4 is 0 Å². The van der Waals surface area contributed by atoms with Gasteiger partial charge in [0, 0.05) is 10.8 Å². The normalized spacial score (nSPS) is 14.1. The zero-order valence-electron chi connectivity index (χ0n) is 75.7. The first-order chi connectivity index (χ1) is 60.0. The van der Waals surface area contributed by atoms with E-state index in [1.807, 2.05) is 0 Å². The zero-order chi connectivity index (χ0) is 86.3. The van der Waals surface area contributed by atoms with Gasteiger partial charge in [0.05, 0.1) is 10.8 Å². The lowest BCUT2D eigenvalue weighted by atomic mass is 9.67. The van der Waals surface area contributed by atoms with Crippen LogP contribution in [0.3, 0.4) is 0 Å². The van der Waals surface area contributed by atoms with Crippen LogP contribution in [0.2, 0.25) is 0 Å². The van der Waals surface area contributed by atoms with E-state index in [-0.39, 0.29) is 21.7 Å². The Morgan fingerprint density at radius 1 is 0.177 bits per heavy atom. The second kappa shape index (κ2) is 34.7. The van der Waals surface area contributed by atoms with E-state index in [1.54, 1.807) is 0 Å². The Morgan fingerprint density at radius 3 is 0.944 bits per heavy atom. The first kappa shape index (κ1) is 83.8. The number of rotatable bonds is 10. The molecule has 0 nitrogen and oxygen atoms in total. The second-order valence-electron chi connectivity index (χ2n) is 37.9. The van der Waals surface area contributed by atoms with Crippen LogP contribution in [0.4, 0.5) is 0 Å². The van der Waals surface area contributed by atoms with Gasteiger partial charge in [-0.25, -0.2) is 0 Å². The minimum atomic E-state index is -0.278. The Labute approximate surface area is 741 Å². The molecule has 0 unspecified atom stereocenters. The average Bonchev–Trinajstić information content (AvgIpc) is 1.52. The molecule has 6 aliphatic rings. The van der Waals surface area contributed by atoms with Crippen LogP contribution in [0.15, 0.2) is 376 Å². The maximum Gasteiger partial charge on any atom is 0.0713 e. The molecule has 0 heterocycles. The highest BCUT2D eigenvalue weighted by atomic mass is 14.5. The van der Waals surface area contributed by atoms with Crippen molar-refractivity contribution in [2.75, 3.05) is 0 Å². The minimum Gasteiger partial charge on any atom is -0.0622 e. The highest BCUT2D eigenvalue weighted by Gasteiger charge is 2.49. The predicted octanol–water partition coefficient (Wildman–Crippen LogP) is 33.3. The molecule has 0 radical (unpaired) electrons.